The number of amides is 1. The van der Waals surface area contributed by atoms with Crippen LogP contribution < -0.4 is 5.32 Å². The first-order valence-electron chi connectivity index (χ1n) is 8.18. The Morgan fingerprint density at radius 2 is 1.61 bits per heavy atom. The molecule has 0 spiro atoms. The van der Waals surface area contributed by atoms with E-state index in [1.807, 2.05) is 0 Å². The van der Waals surface area contributed by atoms with Crippen LogP contribution in [0, 0.1) is 5.92 Å². The standard InChI is InChI=1S/C14H32N2O5P2/c1-3-13(4-2)7-5-9-15-14(17)8-6-10-16(11-22(18)19)12-23(20)21/h13,18-21H,3-12H2,1-2H3,(H,15,17). The van der Waals surface area contributed by atoms with Crippen LogP contribution in [0.5, 0.6) is 0 Å². The summed E-state index contributed by atoms with van der Waals surface area (Å²) in [5, 5.41) is 2.89. The highest BCUT2D eigenvalue weighted by atomic mass is 31.2. The van der Waals surface area contributed by atoms with Crippen LogP contribution >= 0.6 is 16.8 Å². The molecule has 0 radical (unpaired) electrons. The molecule has 0 heterocycles. The molecule has 0 saturated heterocycles. The zero-order valence-corrected chi connectivity index (χ0v) is 16.0. The van der Waals surface area contributed by atoms with E-state index in [1.54, 1.807) is 4.90 Å². The van der Waals surface area contributed by atoms with Gasteiger partial charge in [-0.15, -0.1) is 0 Å². The Labute approximate surface area is 141 Å². The Morgan fingerprint density at radius 1 is 1.04 bits per heavy atom. The summed E-state index contributed by atoms with van der Waals surface area (Å²) in [5.74, 6) is 0.721. The molecule has 23 heavy (non-hydrogen) atoms. The van der Waals surface area contributed by atoms with Gasteiger partial charge in [-0.3, -0.25) is 9.69 Å². The lowest BCUT2D eigenvalue weighted by atomic mass is 9.98. The minimum absolute atomic E-state index is 0.00628. The monoisotopic (exact) mass is 370 g/mol. The van der Waals surface area contributed by atoms with Crippen molar-refractivity contribution in [2.75, 3.05) is 25.7 Å². The molecule has 0 aromatic carbocycles. The predicted octanol–water partition coefficient (Wildman–Crippen LogP) is 1.91. The Morgan fingerprint density at radius 3 is 2.09 bits per heavy atom. The van der Waals surface area contributed by atoms with Crippen molar-refractivity contribution in [3.8, 4) is 0 Å². The van der Waals surface area contributed by atoms with E-state index < -0.39 is 16.8 Å². The van der Waals surface area contributed by atoms with Gasteiger partial charge in [0, 0.05) is 13.0 Å². The Balaban J connectivity index is 3.81. The third-order valence-electron chi connectivity index (χ3n) is 3.80. The smallest absolute Gasteiger partial charge is 0.220 e. The van der Waals surface area contributed by atoms with Crippen molar-refractivity contribution in [1.82, 2.24) is 10.2 Å². The highest BCUT2D eigenvalue weighted by Crippen LogP contribution is 2.30. The molecule has 0 aliphatic heterocycles. The van der Waals surface area contributed by atoms with Crippen LogP contribution in [0.25, 0.3) is 0 Å². The molecule has 138 valence electrons. The molecule has 0 aliphatic rings. The molecule has 1 amide bonds. The number of nitrogens with zero attached hydrogens (tertiary/aromatic N) is 1. The average Bonchev–Trinajstić information content (AvgIpc) is 2.46. The average molecular weight is 370 g/mol. The summed E-state index contributed by atoms with van der Waals surface area (Å²) in [7, 11) is -4.22. The van der Waals surface area contributed by atoms with Crippen molar-refractivity contribution in [3.05, 3.63) is 0 Å². The van der Waals surface area contributed by atoms with Crippen LogP contribution in [0.3, 0.4) is 0 Å². The second-order valence-electron chi connectivity index (χ2n) is 5.70. The molecule has 0 aromatic rings. The van der Waals surface area contributed by atoms with Crippen LogP contribution in [-0.4, -0.2) is 56.0 Å². The second kappa shape index (κ2) is 14.5. The third kappa shape index (κ3) is 14.2. The lowest BCUT2D eigenvalue weighted by Gasteiger charge is -2.22. The van der Waals surface area contributed by atoms with Crippen molar-refractivity contribution < 1.29 is 24.4 Å². The van der Waals surface area contributed by atoms with Crippen LogP contribution in [0.15, 0.2) is 0 Å². The maximum atomic E-state index is 11.7. The Bertz CT molecular complexity index is 295. The fraction of sp³-hybridized carbons (Fsp3) is 0.929. The van der Waals surface area contributed by atoms with E-state index in [1.165, 1.54) is 12.8 Å². The molecule has 0 fully saturated rings. The summed E-state index contributed by atoms with van der Waals surface area (Å²) in [6.07, 6.45) is 5.39. The minimum Gasteiger partial charge on any atom is -0.356 e. The summed E-state index contributed by atoms with van der Waals surface area (Å²) in [4.78, 5) is 49.4. The zero-order valence-electron chi connectivity index (χ0n) is 14.2. The topological polar surface area (TPSA) is 113 Å². The van der Waals surface area contributed by atoms with Crippen molar-refractivity contribution in [2.45, 2.75) is 52.4 Å². The van der Waals surface area contributed by atoms with E-state index in [2.05, 4.69) is 19.2 Å². The van der Waals surface area contributed by atoms with Gasteiger partial charge in [-0.1, -0.05) is 26.7 Å². The number of rotatable bonds is 14. The maximum Gasteiger partial charge on any atom is 0.220 e. The van der Waals surface area contributed by atoms with Crippen molar-refractivity contribution in [2.24, 2.45) is 5.92 Å². The zero-order chi connectivity index (χ0) is 17.7. The summed E-state index contributed by atoms with van der Waals surface area (Å²) in [5.41, 5.74) is 0. The van der Waals surface area contributed by atoms with Gasteiger partial charge in [0.05, 0.1) is 12.6 Å². The first-order valence-corrected chi connectivity index (χ1v) is 11.0. The van der Waals surface area contributed by atoms with Gasteiger partial charge in [-0.25, -0.2) is 0 Å². The molecular formula is C14H32N2O5P2. The van der Waals surface area contributed by atoms with E-state index >= 15 is 0 Å². The molecule has 0 unspecified atom stereocenters. The van der Waals surface area contributed by atoms with Crippen LogP contribution in [0.2, 0.25) is 0 Å². The van der Waals surface area contributed by atoms with Gasteiger partial charge in [0.1, 0.15) is 0 Å². The van der Waals surface area contributed by atoms with Crippen LogP contribution in [0.1, 0.15) is 52.4 Å². The number of carbonyl (C=O) groups is 1. The van der Waals surface area contributed by atoms with Gasteiger partial charge in [-0.05, 0) is 31.7 Å². The molecule has 5 N–H and O–H groups in total. The molecule has 0 aliphatic carbocycles. The summed E-state index contributed by atoms with van der Waals surface area (Å²) in [6, 6.07) is 0. The van der Waals surface area contributed by atoms with Crippen LogP contribution in [0.4, 0.5) is 0 Å². The van der Waals surface area contributed by atoms with Crippen molar-refractivity contribution in [1.29, 1.82) is 0 Å². The lowest BCUT2D eigenvalue weighted by molar-refractivity contribution is -0.121. The van der Waals surface area contributed by atoms with E-state index in [0.717, 1.165) is 18.8 Å². The number of nitrogens with one attached hydrogen (secondary N) is 1. The molecule has 0 atom stereocenters. The third-order valence-corrected chi connectivity index (χ3v) is 5.10. The van der Waals surface area contributed by atoms with Gasteiger partial charge < -0.3 is 24.9 Å². The molecule has 0 aromatic heterocycles. The summed E-state index contributed by atoms with van der Waals surface area (Å²) < 4.78 is 0. The summed E-state index contributed by atoms with van der Waals surface area (Å²) >= 11 is 0. The van der Waals surface area contributed by atoms with E-state index in [9.17, 15) is 4.79 Å². The summed E-state index contributed by atoms with van der Waals surface area (Å²) in [6.45, 7) is 5.50. The highest BCUT2D eigenvalue weighted by molar-refractivity contribution is 7.46. The van der Waals surface area contributed by atoms with E-state index in [-0.39, 0.29) is 18.5 Å². The SMILES string of the molecule is CCC(CC)CCCNC(=O)CCCN(CP(O)O)CP(O)O. The van der Waals surface area contributed by atoms with Crippen molar-refractivity contribution in [3.63, 3.8) is 0 Å². The number of carbonyl (C=O) groups excluding carboxylic acids is 1. The Hall–Kier alpha value is 0.130. The van der Waals surface area contributed by atoms with Gasteiger partial charge in [0.25, 0.3) is 0 Å². The maximum absolute atomic E-state index is 11.7. The molecule has 7 nitrogen and oxygen atoms in total. The van der Waals surface area contributed by atoms with E-state index in [0.29, 0.717) is 25.9 Å². The molecule has 9 heteroatoms. The van der Waals surface area contributed by atoms with Gasteiger partial charge in [-0.2, -0.15) is 0 Å². The number of hydrogen-bond acceptors (Lipinski definition) is 6. The van der Waals surface area contributed by atoms with Gasteiger partial charge >= 0.3 is 0 Å². The quantitative estimate of drug-likeness (QED) is 0.236. The molecule has 0 rings (SSSR count). The number of hydrogen-bond donors (Lipinski definition) is 5. The normalized spacial score (nSPS) is 11.9. The Kier molecular flexibility index (Phi) is 14.6. The fourth-order valence-corrected chi connectivity index (χ4v) is 3.77. The highest BCUT2D eigenvalue weighted by Gasteiger charge is 2.14. The van der Waals surface area contributed by atoms with Crippen molar-refractivity contribution >= 4 is 22.7 Å². The lowest BCUT2D eigenvalue weighted by Crippen LogP contribution is -2.28. The second-order valence-corrected chi connectivity index (χ2v) is 7.75. The predicted molar refractivity (Wildman–Crippen MR) is 94.7 cm³/mol. The van der Waals surface area contributed by atoms with Gasteiger partial charge in [0.15, 0.2) is 16.8 Å². The molecule has 0 bridgehead atoms. The first kappa shape index (κ1) is 23.1. The molecule has 0 saturated carbocycles. The minimum atomic E-state index is -2.11. The van der Waals surface area contributed by atoms with E-state index in [4.69, 9.17) is 19.6 Å². The fourth-order valence-electron chi connectivity index (χ4n) is 2.41. The largest absolute Gasteiger partial charge is 0.356 e. The van der Waals surface area contributed by atoms with Gasteiger partial charge in [0.2, 0.25) is 5.91 Å². The molecular weight excluding hydrogens is 338 g/mol. The van der Waals surface area contributed by atoms with Crippen LogP contribution in [-0.2, 0) is 4.79 Å². The first-order chi connectivity index (χ1) is 10.9.